The van der Waals surface area contributed by atoms with E-state index in [4.69, 9.17) is 14.2 Å². The number of ether oxygens (including phenoxy) is 3. The van der Waals surface area contributed by atoms with Crippen molar-refractivity contribution >= 4 is 0 Å². The molecule has 4 unspecified atom stereocenters. The first-order valence-corrected chi connectivity index (χ1v) is 11.1. The van der Waals surface area contributed by atoms with Gasteiger partial charge in [0.05, 0.1) is 18.3 Å². The lowest BCUT2D eigenvalue weighted by Crippen LogP contribution is -2.45. The molecule has 0 saturated carbocycles. The van der Waals surface area contributed by atoms with E-state index in [1.54, 1.807) is 0 Å². The molecule has 3 heteroatoms. The van der Waals surface area contributed by atoms with E-state index in [-0.39, 0.29) is 28.5 Å². The van der Waals surface area contributed by atoms with Gasteiger partial charge in [0.1, 0.15) is 6.79 Å². The molecule has 3 nitrogen and oxygen atoms in total. The first kappa shape index (κ1) is 23.2. The van der Waals surface area contributed by atoms with Gasteiger partial charge in [-0.05, 0) is 46.8 Å². The summed E-state index contributed by atoms with van der Waals surface area (Å²) in [6, 6.07) is 0. The van der Waals surface area contributed by atoms with Crippen LogP contribution >= 0.6 is 0 Å². The molecule has 0 amide bonds. The van der Waals surface area contributed by atoms with Crippen molar-refractivity contribution in [1.29, 1.82) is 0 Å². The van der Waals surface area contributed by atoms with E-state index in [0.29, 0.717) is 24.2 Å². The van der Waals surface area contributed by atoms with Gasteiger partial charge in [-0.2, -0.15) is 0 Å². The minimum absolute atomic E-state index is 0.0834. The molecule has 0 spiro atoms. The Morgan fingerprint density at radius 1 is 0.667 bits per heavy atom. The van der Waals surface area contributed by atoms with Crippen molar-refractivity contribution in [2.24, 2.45) is 27.6 Å². The van der Waals surface area contributed by atoms with Crippen molar-refractivity contribution in [1.82, 2.24) is 0 Å². The van der Waals surface area contributed by atoms with Crippen LogP contribution < -0.4 is 0 Å². The SMILES string of the molecule is CCC(C)(C)C1CCOC1C(C)(C)CCC(C)(C)C1OCOC1C(C)(C)C. The number of hydrogen-bond donors (Lipinski definition) is 0. The highest BCUT2D eigenvalue weighted by Crippen LogP contribution is 2.49. The van der Waals surface area contributed by atoms with Crippen LogP contribution in [-0.2, 0) is 14.2 Å². The van der Waals surface area contributed by atoms with Crippen molar-refractivity contribution in [3.05, 3.63) is 0 Å². The van der Waals surface area contributed by atoms with Crippen LogP contribution in [0.3, 0.4) is 0 Å². The second-order valence-electron chi connectivity index (χ2n) is 12.2. The highest BCUT2D eigenvalue weighted by Gasteiger charge is 2.49. The van der Waals surface area contributed by atoms with Crippen LogP contribution in [-0.4, -0.2) is 31.7 Å². The molecule has 0 aromatic carbocycles. The molecule has 2 fully saturated rings. The minimum atomic E-state index is 0.0834. The summed E-state index contributed by atoms with van der Waals surface area (Å²) in [6.07, 6.45) is 5.34. The summed E-state index contributed by atoms with van der Waals surface area (Å²) < 4.78 is 18.4. The molecule has 4 atom stereocenters. The van der Waals surface area contributed by atoms with Gasteiger partial charge < -0.3 is 14.2 Å². The predicted molar refractivity (Wildman–Crippen MR) is 113 cm³/mol. The van der Waals surface area contributed by atoms with Gasteiger partial charge in [0.15, 0.2) is 0 Å². The topological polar surface area (TPSA) is 27.7 Å². The van der Waals surface area contributed by atoms with Crippen molar-refractivity contribution < 1.29 is 14.2 Å². The molecule has 2 aliphatic rings. The van der Waals surface area contributed by atoms with Crippen LogP contribution in [0.1, 0.15) is 94.9 Å². The summed E-state index contributed by atoms with van der Waals surface area (Å²) in [6.45, 7) is 24.8. The van der Waals surface area contributed by atoms with Crippen LogP contribution in [0.4, 0.5) is 0 Å². The largest absolute Gasteiger partial charge is 0.377 e. The molecular formula is C24H46O3. The summed E-state index contributed by atoms with van der Waals surface area (Å²) in [7, 11) is 0. The Bertz CT molecular complexity index is 486. The lowest BCUT2D eigenvalue weighted by Gasteiger charge is -2.44. The zero-order valence-electron chi connectivity index (χ0n) is 19.8. The molecule has 0 bridgehead atoms. The molecule has 0 radical (unpaired) electrons. The molecule has 0 aliphatic carbocycles. The second-order valence-corrected chi connectivity index (χ2v) is 12.2. The van der Waals surface area contributed by atoms with Gasteiger partial charge in [0, 0.05) is 6.61 Å². The fraction of sp³-hybridized carbons (Fsp3) is 1.00. The molecular weight excluding hydrogens is 336 g/mol. The monoisotopic (exact) mass is 382 g/mol. The first-order chi connectivity index (χ1) is 12.2. The third kappa shape index (κ3) is 5.08. The highest BCUT2D eigenvalue weighted by atomic mass is 16.7. The Kier molecular flexibility index (Phi) is 6.82. The van der Waals surface area contributed by atoms with E-state index in [1.165, 1.54) is 12.8 Å². The fourth-order valence-electron chi connectivity index (χ4n) is 5.05. The molecule has 27 heavy (non-hydrogen) atoms. The molecule has 0 aromatic heterocycles. The van der Waals surface area contributed by atoms with E-state index >= 15 is 0 Å². The van der Waals surface area contributed by atoms with Gasteiger partial charge in [-0.25, -0.2) is 0 Å². The summed E-state index contributed by atoms with van der Waals surface area (Å²) in [5.74, 6) is 0.647. The molecule has 2 rings (SSSR count). The molecule has 2 aliphatic heterocycles. The predicted octanol–water partition coefficient (Wildman–Crippen LogP) is 6.45. The lowest BCUT2D eigenvalue weighted by molar-refractivity contribution is -0.0530. The van der Waals surface area contributed by atoms with E-state index in [0.717, 1.165) is 19.4 Å². The van der Waals surface area contributed by atoms with Gasteiger partial charge in [-0.1, -0.05) is 75.7 Å². The lowest BCUT2D eigenvalue weighted by atomic mass is 9.64. The first-order valence-electron chi connectivity index (χ1n) is 11.1. The zero-order valence-corrected chi connectivity index (χ0v) is 19.8. The van der Waals surface area contributed by atoms with Gasteiger partial charge in [-0.3, -0.25) is 0 Å². The Hall–Kier alpha value is -0.120. The van der Waals surface area contributed by atoms with E-state index in [9.17, 15) is 0 Å². The normalized spacial score (nSPS) is 30.9. The Balaban J connectivity index is 2.07. The standard InChI is InChI=1S/C24H46O3/c1-11-22(5,6)17-12-15-25-18(17)23(7,8)13-14-24(9,10)20-19(21(2,3)4)26-16-27-20/h17-20H,11-16H2,1-10H3. The van der Waals surface area contributed by atoms with Crippen molar-refractivity contribution in [3.8, 4) is 0 Å². The maximum absolute atomic E-state index is 6.33. The van der Waals surface area contributed by atoms with E-state index in [1.807, 2.05) is 0 Å². The average molecular weight is 383 g/mol. The van der Waals surface area contributed by atoms with Crippen LogP contribution in [0.5, 0.6) is 0 Å². The smallest absolute Gasteiger partial charge is 0.147 e. The maximum atomic E-state index is 6.33. The second kappa shape index (κ2) is 7.95. The van der Waals surface area contributed by atoms with Gasteiger partial charge in [0.25, 0.3) is 0 Å². The highest BCUT2D eigenvalue weighted by molar-refractivity contribution is 4.97. The average Bonchev–Trinajstić information content (AvgIpc) is 3.22. The fourth-order valence-corrected chi connectivity index (χ4v) is 5.05. The number of rotatable bonds is 7. The van der Waals surface area contributed by atoms with Crippen LogP contribution in [0.25, 0.3) is 0 Å². The Labute approximate surface area is 168 Å². The van der Waals surface area contributed by atoms with Crippen molar-refractivity contribution in [2.75, 3.05) is 13.4 Å². The van der Waals surface area contributed by atoms with Crippen LogP contribution in [0.15, 0.2) is 0 Å². The number of hydrogen-bond acceptors (Lipinski definition) is 3. The Morgan fingerprint density at radius 2 is 1.19 bits per heavy atom. The molecule has 0 aromatic rings. The summed E-state index contributed by atoms with van der Waals surface area (Å²) in [4.78, 5) is 0. The molecule has 0 N–H and O–H groups in total. The van der Waals surface area contributed by atoms with Crippen molar-refractivity contribution in [2.45, 2.75) is 113 Å². The van der Waals surface area contributed by atoms with Crippen LogP contribution in [0, 0.1) is 27.6 Å². The van der Waals surface area contributed by atoms with E-state index < -0.39 is 0 Å². The third-order valence-corrected chi connectivity index (χ3v) is 7.58. The zero-order chi connectivity index (χ0) is 20.7. The molecule has 2 heterocycles. The quantitative estimate of drug-likeness (QED) is 0.506. The minimum Gasteiger partial charge on any atom is -0.377 e. The summed E-state index contributed by atoms with van der Waals surface area (Å²) in [5.41, 5.74) is 0.689. The molecule has 2 saturated heterocycles. The van der Waals surface area contributed by atoms with Crippen LogP contribution in [0.2, 0.25) is 0 Å². The van der Waals surface area contributed by atoms with Crippen molar-refractivity contribution in [3.63, 3.8) is 0 Å². The van der Waals surface area contributed by atoms with Gasteiger partial charge in [-0.15, -0.1) is 0 Å². The summed E-state index contributed by atoms with van der Waals surface area (Å²) >= 11 is 0. The summed E-state index contributed by atoms with van der Waals surface area (Å²) in [5, 5.41) is 0. The maximum Gasteiger partial charge on any atom is 0.147 e. The molecule has 160 valence electrons. The van der Waals surface area contributed by atoms with E-state index in [2.05, 4.69) is 69.2 Å². The van der Waals surface area contributed by atoms with Gasteiger partial charge in [0.2, 0.25) is 0 Å². The Morgan fingerprint density at radius 3 is 1.70 bits per heavy atom. The van der Waals surface area contributed by atoms with Gasteiger partial charge >= 0.3 is 0 Å². The third-order valence-electron chi connectivity index (χ3n) is 7.58.